The van der Waals surface area contributed by atoms with Gasteiger partial charge in [0.05, 0.1) is 0 Å². The summed E-state index contributed by atoms with van der Waals surface area (Å²) in [5.41, 5.74) is 3.04. The lowest BCUT2D eigenvalue weighted by molar-refractivity contribution is -0.118. The maximum Gasteiger partial charge on any atom is 0.255 e. The molecule has 5 heteroatoms. The number of hydrogen-bond acceptors (Lipinski definition) is 2. The highest BCUT2D eigenvalue weighted by Gasteiger charge is 2.09. The predicted molar refractivity (Wildman–Crippen MR) is 96.7 cm³/mol. The zero-order valence-corrected chi connectivity index (χ0v) is 14.9. The molecule has 0 aromatic heterocycles. The highest BCUT2D eigenvalue weighted by molar-refractivity contribution is 9.10. The topological polar surface area (TPSA) is 58.2 Å². The predicted octanol–water partition coefficient (Wildman–Crippen LogP) is 4.60. The molecular formula is C18H19BrN2O2. The maximum atomic E-state index is 12.2. The quantitative estimate of drug-likeness (QED) is 0.820. The molecule has 0 fully saturated rings. The molecule has 120 valence electrons. The van der Waals surface area contributed by atoms with Gasteiger partial charge in [-0.15, -0.1) is 0 Å². The monoisotopic (exact) mass is 374 g/mol. The zero-order valence-electron chi connectivity index (χ0n) is 13.3. The van der Waals surface area contributed by atoms with Gasteiger partial charge < -0.3 is 10.6 Å². The van der Waals surface area contributed by atoms with Crippen LogP contribution in [0.5, 0.6) is 0 Å². The van der Waals surface area contributed by atoms with Crippen LogP contribution in [0.2, 0.25) is 0 Å². The summed E-state index contributed by atoms with van der Waals surface area (Å²) < 4.78 is 0.946. The zero-order chi connectivity index (χ0) is 17.0. The Morgan fingerprint density at radius 3 is 2.13 bits per heavy atom. The van der Waals surface area contributed by atoms with Crippen molar-refractivity contribution in [3.63, 3.8) is 0 Å². The molecule has 23 heavy (non-hydrogen) atoms. The van der Waals surface area contributed by atoms with E-state index < -0.39 is 0 Å². The molecule has 2 rings (SSSR count). The third kappa shape index (κ3) is 4.66. The van der Waals surface area contributed by atoms with Crippen molar-refractivity contribution in [2.45, 2.75) is 20.8 Å². The van der Waals surface area contributed by atoms with Gasteiger partial charge in [0.2, 0.25) is 5.91 Å². The van der Waals surface area contributed by atoms with E-state index in [1.54, 1.807) is 24.3 Å². The molecule has 0 bridgehead atoms. The van der Waals surface area contributed by atoms with Crippen LogP contribution in [0.15, 0.2) is 46.9 Å². The SMILES string of the molecule is Cc1ccc(NC(=O)c2ccc(NC(=O)C(C)C)cc2)cc1Br. The van der Waals surface area contributed by atoms with E-state index in [0.717, 1.165) is 15.7 Å². The second-order valence-electron chi connectivity index (χ2n) is 5.64. The average Bonchev–Trinajstić information content (AvgIpc) is 2.51. The first kappa shape index (κ1) is 17.2. The second kappa shape index (κ2) is 7.42. The van der Waals surface area contributed by atoms with Crippen LogP contribution in [0.25, 0.3) is 0 Å². The molecule has 2 N–H and O–H groups in total. The highest BCUT2D eigenvalue weighted by Crippen LogP contribution is 2.21. The Hall–Kier alpha value is -2.14. The molecule has 2 amide bonds. The number of benzene rings is 2. The number of hydrogen-bond donors (Lipinski definition) is 2. The number of halogens is 1. The van der Waals surface area contributed by atoms with Gasteiger partial charge in [0.25, 0.3) is 5.91 Å². The van der Waals surface area contributed by atoms with Crippen LogP contribution in [0.3, 0.4) is 0 Å². The third-order valence-electron chi connectivity index (χ3n) is 3.37. The van der Waals surface area contributed by atoms with E-state index in [-0.39, 0.29) is 17.7 Å². The van der Waals surface area contributed by atoms with Gasteiger partial charge in [-0.25, -0.2) is 0 Å². The van der Waals surface area contributed by atoms with Crippen molar-refractivity contribution in [2.24, 2.45) is 5.92 Å². The van der Waals surface area contributed by atoms with Crippen molar-refractivity contribution in [3.05, 3.63) is 58.1 Å². The van der Waals surface area contributed by atoms with Gasteiger partial charge >= 0.3 is 0 Å². The number of amides is 2. The van der Waals surface area contributed by atoms with Crippen molar-refractivity contribution in [2.75, 3.05) is 10.6 Å². The second-order valence-corrected chi connectivity index (χ2v) is 6.49. The lowest BCUT2D eigenvalue weighted by Crippen LogP contribution is -2.18. The Morgan fingerprint density at radius 2 is 1.57 bits per heavy atom. The van der Waals surface area contributed by atoms with Gasteiger partial charge in [-0.05, 0) is 48.9 Å². The first-order valence-corrected chi connectivity index (χ1v) is 8.14. The smallest absolute Gasteiger partial charge is 0.255 e. The number of carbonyl (C=O) groups excluding carboxylic acids is 2. The molecule has 2 aromatic rings. The molecular weight excluding hydrogens is 356 g/mol. The van der Waals surface area contributed by atoms with Gasteiger partial charge in [-0.3, -0.25) is 9.59 Å². The molecule has 0 radical (unpaired) electrons. The van der Waals surface area contributed by atoms with E-state index in [9.17, 15) is 9.59 Å². The number of anilines is 2. The molecule has 0 aliphatic carbocycles. The number of nitrogens with one attached hydrogen (secondary N) is 2. The van der Waals surface area contributed by atoms with Crippen LogP contribution < -0.4 is 10.6 Å². The largest absolute Gasteiger partial charge is 0.326 e. The van der Waals surface area contributed by atoms with E-state index in [2.05, 4.69) is 26.6 Å². The number of carbonyl (C=O) groups is 2. The maximum absolute atomic E-state index is 12.2. The lowest BCUT2D eigenvalue weighted by atomic mass is 10.1. The summed E-state index contributed by atoms with van der Waals surface area (Å²) in [6.07, 6.45) is 0. The summed E-state index contributed by atoms with van der Waals surface area (Å²) >= 11 is 3.44. The van der Waals surface area contributed by atoms with Gasteiger partial charge in [0.1, 0.15) is 0 Å². The summed E-state index contributed by atoms with van der Waals surface area (Å²) in [6, 6.07) is 12.5. The van der Waals surface area contributed by atoms with Gasteiger partial charge in [0, 0.05) is 27.3 Å². The Bertz CT molecular complexity index is 724. The molecule has 0 atom stereocenters. The first-order valence-electron chi connectivity index (χ1n) is 7.35. The molecule has 0 saturated carbocycles. The van der Waals surface area contributed by atoms with Crippen molar-refractivity contribution < 1.29 is 9.59 Å². The Morgan fingerprint density at radius 1 is 0.957 bits per heavy atom. The standard InChI is InChI=1S/C18H19BrN2O2/c1-11(2)17(22)20-14-8-5-13(6-9-14)18(23)21-15-7-4-12(3)16(19)10-15/h4-11H,1-3H3,(H,20,22)(H,21,23). The van der Waals surface area contributed by atoms with Gasteiger partial charge in [-0.1, -0.05) is 35.8 Å². The minimum atomic E-state index is -0.192. The van der Waals surface area contributed by atoms with Gasteiger partial charge in [0.15, 0.2) is 0 Å². The Labute approximate surface area is 144 Å². The van der Waals surface area contributed by atoms with E-state index in [0.29, 0.717) is 11.3 Å². The van der Waals surface area contributed by atoms with Crippen molar-refractivity contribution >= 4 is 39.1 Å². The summed E-state index contributed by atoms with van der Waals surface area (Å²) in [6.45, 7) is 5.65. The van der Waals surface area contributed by atoms with Crippen molar-refractivity contribution in [1.82, 2.24) is 0 Å². The fourth-order valence-electron chi connectivity index (χ4n) is 1.87. The van der Waals surface area contributed by atoms with Crippen LogP contribution in [-0.4, -0.2) is 11.8 Å². The average molecular weight is 375 g/mol. The highest BCUT2D eigenvalue weighted by atomic mass is 79.9. The number of rotatable bonds is 4. The fourth-order valence-corrected chi connectivity index (χ4v) is 2.24. The van der Waals surface area contributed by atoms with Crippen LogP contribution in [0.1, 0.15) is 29.8 Å². The molecule has 0 heterocycles. The minimum Gasteiger partial charge on any atom is -0.326 e. The fraction of sp³-hybridized carbons (Fsp3) is 0.222. The molecule has 0 spiro atoms. The van der Waals surface area contributed by atoms with E-state index >= 15 is 0 Å². The summed E-state index contributed by atoms with van der Waals surface area (Å²) in [5.74, 6) is -0.327. The number of aryl methyl sites for hydroxylation is 1. The van der Waals surface area contributed by atoms with E-state index in [1.165, 1.54) is 0 Å². The Balaban J connectivity index is 2.05. The summed E-state index contributed by atoms with van der Waals surface area (Å²) in [5, 5.41) is 5.64. The van der Waals surface area contributed by atoms with Crippen LogP contribution in [0, 0.1) is 12.8 Å². The van der Waals surface area contributed by atoms with Crippen molar-refractivity contribution in [3.8, 4) is 0 Å². The molecule has 4 nitrogen and oxygen atoms in total. The summed E-state index contributed by atoms with van der Waals surface area (Å²) in [7, 11) is 0. The Kier molecular flexibility index (Phi) is 5.55. The van der Waals surface area contributed by atoms with Crippen LogP contribution in [-0.2, 0) is 4.79 Å². The molecule has 0 aliphatic rings. The van der Waals surface area contributed by atoms with Crippen LogP contribution in [0.4, 0.5) is 11.4 Å². The normalized spacial score (nSPS) is 10.5. The lowest BCUT2D eigenvalue weighted by Gasteiger charge is -2.09. The first-order chi connectivity index (χ1) is 10.9. The van der Waals surface area contributed by atoms with E-state index in [4.69, 9.17) is 0 Å². The van der Waals surface area contributed by atoms with Crippen LogP contribution >= 0.6 is 15.9 Å². The minimum absolute atomic E-state index is 0.0493. The molecule has 0 unspecified atom stereocenters. The van der Waals surface area contributed by atoms with Gasteiger partial charge in [-0.2, -0.15) is 0 Å². The third-order valence-corrected chi connectivity index (χ3v) is 4.22. The van der Waals surface area contributed by atoms with Crippen molar-refractivity contribution in [1.29, 1.82) is 0 Å². The molecule has 0 aliphatic heterocycles. The summed E-state index contributed by atoms with van der Waals surface area (Å²) in [4.78, 5) is 23.9. The van der Waals surface area contributed by atoms with E-state index in [1.807, 2.05) is 39.0 Å². The molecule has 0 saturated heterocycles. The molecule has 2 aromatic carbocycles.